The molecule has 2 heterocycles. The van der Waals surface area contributed by atoms with Gasteiger partial charge >= 0.3 is 0 Å². The molecule has 0 aromatic heterocycles. The van der Waals surface area contributed by atoms with E-state index in [4.69, 9.17) is 21.1 Å². The van der Waals surface area contributed by atoms with Crippen molar-refractivity contribution in [3.63, 3.8) is 0 Å². The Kier molecular flexibility index (Phi) is 5.99. The molecular weight excluding hydrogens is 396 g/mol. The molecule has 4 rings (SSSR count). The first-order valence-corrected chi connectivity index (χ1v) is 10.9. The highest BCUT2D eigenvalue weighted by Crippen LogP contribution is 2.33. The van der Waals surface area contributed by atoms with Crippen molar-refractivity contribution in [1.29, 1.82) is 0 Å². The van der Waals surface area contributed by atoms with E-state index in [0.717, 1.165) is 42.6 Å². The van der Waals surface area contributed by atoms with Crippen molar-refractivity contribution in [2.24, 2.45) is 0 Å². The number of halogens is 1. The molecule has 0 saturated carbocycles. The topological polar surface area (TPSA) is 42.0 Å². The molecule has 0 bridgehead atoms. The van der Waals surface area contributed by atoms with Crippen LogP contribution in [0.4, 0.5) is 5.69 Å². The molecule has 2 fully saturated rings. The lowest BCUT2D eigenvalue weighted by Crippen LogP contribution is -2.70. The van der Waals surface area contributed by atoms with E-state index in [2.05, 4.69) is 4.90 Å². The summed E-state index contributed by atoms with van der Waals surface area (Å²) >= 11 is 7.94. The SMILES string of the molecule is COc1ccc(N2C(=O)[C@@H](Oc3ccc(Cl)cc3)[C@H]2CN2CCSCC2)cc1. The van der Waals surface area contributed by atoms with Crippen LogP contribution >= 0.6 is 23.4 Å². The zero-order chi connectivity index (χ0) is 19.5. The van der Waals surface area contributed by atoms with Crippen molar-refractivity contribution in [1.82, 2.24) is 4.90 Å². The van der Waals surface area contributed by atoms with Crippen LogP contribution in [0.2, 0.25) is 5.02 Å². The molecule has 2 aliphatic rings. The first-order chi connectivity index (χ1) is 13.7. The zero-order valence-electron chi connectivity index (χ0n) is 15.7. The monoisotopic (exact) mass is 418 g/mol. The minimum atomic E-state index is -0.488. The summed E-state index contributed by atoms with van der Waals surface area (Å²) in [5, 5.41) is 0.648. The van der Waals surface area contributed by atoms with Crippen LogP contribution in [-0.2, 0) is 4.79 Å². The highest BCUT2D eigenvalue weighted by Gasteiger charge is 2.50. The molecule has 28 heavy (non-hydrogen) atoms. The molecule has 2 atom stereocenters. The summed E-state index contributed by atoms with van der Waals surface area (Å²) in [6.45, 7) is 2.88. The van der Waals surface area contributed by atoms with Gasteiger partial charge in [0.1, 0.15) is 11.5 Å². The summed E-state index contributed by atoms with van der Waals surface area (Å²) < 4.78 is 11.3. The number of carbonyl (C=O) groups is 1. The fourth-order valence-corrected chi connectivity index (χ4v) is 4.70. The summed E-state index contributed by atoms with van der Waals surface area (Å²) in [5.41, 5.74) is 0.873. The van der Waals surface area contributed by atoms with Gasteiger partial charge in [-0.3, -0.25) is 9.69 Å². The van der Waals surface area contributed by atoms with Crippen LogP contribution < -0.4 is 14.4 Å². The van der Waals surface area contributed by atoms with Crippen molar-refractivity contribution in [2.45, 2.75) is 12.1 Å². The Bertz CT molecular complexity index is 809. The summed E-state index contributed by atoms with van der Waals surface area (Å²) in [5.74, 6) is 3.68. The van der Waals surface area contributed by atoms with Crippen LogP contribution in [0.15, 0.2) is 48.5 Å². The van der Waals surface area contributed by atoms with Crippen molar-refractivity contribution in [2.75, 3.05) is 43.1 Å². The van der Waals surface area contributed by atoms with E-state index in [1.807, 2.05) is 40.9 Å². The summed E-state index contributed by atoms with van der Waals surface area (Å²) in [7, 11) is 1.64. The van der Waals surface area contributed by atoms with Crippen LogP contribution in [0.1, 0.15) is 0 Å². The van der Waals surface area contributed by atoms with E-state index in [-0.39, 0.29) is 11.9 Å². The number of hydrogen-bond donors (Lipinski definition) is 0. The fraction of sp³-hybridized carbons (Fsp3) is 0.381. The Morgan fingerprint density at radius 2 is 1.68 bits per heavy atom. The Balaban J connectivity index is 1.54. The maximum Gasteiger partial charge on any atom is 0.270 e. The molecular formula is C21H23ClN2O3S. The first kappa shape index (κ1) is 19.4. The molecule has 0 radical (unpaired) electrons. The number of rotatable bonds is 6. The van der Waals surface area contributed by atoms with Gasteiger partial charge in [0.25, 0.3) is 5.91 Å². The molecule has 0 unspecified atom stereocenters. The van der Waals surface area contributed by atoms with E-state index in [0.29, 0.717) is 10.8 Å². The molecule has 2 saturated heterocycles. The number of carbonyl (C=O) groups excluding carboxylic acids is 1. The van der Waals surface area contributed by atoms with Crippen molar-refractivity contribution in [3.05, 3.63) is 53.6 Å². The lowest BCUT2D eigenvalue weighted by atomic mass is 9.95. The minimum absolute atomic E-state index is 0.0171. The predicted molar refractivity (Wildman–Crippen MR) is 114 cm³/mol. The van der Waals surface area contributed by atoms with Crippen LogP contribution in [0.25, 0.3) is 0 Å². The van der Waals surface area contributed by atoms with Crippen LogP contribution in [0, 0.1) is 0 Å². The third-order valence-electron chi connectivity index (χ3n) is 5.14. The maximum absolute atomic E-state index is 13.0. The fourth-order valence-electron chi connectivity index (χ4n) is 3.59. The summed E-state index contributed by atoms with van der Waals surface area (Å²) in [4.78, 5) is 17.2. The molecule has 148 valence electrons. The Hall–Kier alpha value is -1.89. The first-order valence-electron chi connectivity index (χ1n) is 9.35. The van der Waals surface area contributed by atoms with E-state index in [9.17, 15) is 4.79 Å². The third kappa shape index (κ3) is 4.09. The molecule has 0 aliphatic carbocycles. The maximum atomic E-state index is 13.0. The number of methoxy groups -OCH3 is 1. The lowest BCUT2D eigenvalue weighted by molar-refractivity contribution is -0.135. The van der Waals surface area contributed by atoms with Gasteiger partial charge in [-0.1, -0.05) is 11.6 Å². The van der Waals surface area contributed by atoms with Crippen LogP contribution in [-0.4, -0.2) is 61.2 Å². The van der Waals surface area contributed by atoms with E-state index >= 15 is 0 Å². The average Bonchev–Trinajstić information content (AvgIpc) is 2.74. The number of ether oxygens (including phenoxy) is 2. The van der Waals surface area contributed by atoms with Gasteiger partial charge in [-0.15, -0.1) is 0 Å². The second-order valence-electron chi connectivity index (χ2n) is 6.88. The second kappa shape index (κ2) is 8.64. The second-order valence-corrected chi connectivity index (χ2v) is 8.54. The van der Waals surface area contributed by atoms with Gasteiger partial charge in [0, 0.05) is 41.8 Å². The van der Waals surface area contributed by atoms with E-state index < -0.39 is 6.10 Å². The van der Waals surface area contributed by atoms with Gasteiger partial charge < -0.3 is 14.4 Å². The van der Waals surface area contributed by atoms with E-state index in [1.165, 1.54) is 0 Å². The van der Waals surface area contributed by atoms with Gasteiger partial charge in [0.15, 0.2) is 6.10 Å². The quantitative estimate of drug-likeness (QED) is 0.671. The minimum Gasteiger partial charge on any atom is -0.497 e. The highest BCUT2D eigenvalue weighted by molar-refractivity contribution is 7.99. The number of β-lactam (4-membered cyclic amide) rings is 1. The van der Waals surface area contributed by atoms with Gasteiger partial charge in [-0.25, -0.2) is 0 Å². The molecule has 7 heteroatoms. The number of nitrogens with zero attached hydrogens (tertiary/aromatic N) is 2. The molecule has 2 aliphatic heterocycles. The molecule has 1 amide bonds. The standard InChI is InChI=1S/C21H23ClN2O3S/c1-26-17-8-4-16(5-9-17)24-19(14-23-10-12-28-13-11-23)20(21(24)25)27-18-6-2-15(22)3-7-18/h2-9,19-20H,10-14H2,1H3/t19-,20+/m1/s1. The van der Waals surface area contributed by atoms with Crippen molar-refractivity contribution >= 4 is 35.0 Å². The largest absolute Gasteiger partial charge is 0.497 e. The highest BCUT2D eigenvalue weighted by atomic mass is 35.5. The summed E-state index contributed by atoms with van der Waals surface area (Å²) in [6, 6.07) is 14.7. The number of thioether (sulfide) groups is 1. The van der Waals surface area contributed by atoms with Crippen LogP contribution in [0.5, 0.6) is 11.5 Å². The number of benzene rings is 2. The summed E-state index contributed by atoms with van der Waals surface area (Å²) in [6.07, 6.45) is -0.488. The molecule has 5 nitrogen and oxygen atoms in total. The lowest BCUT2D eigenvalue weighted by Gasteiger charge is -2.48. The number of hydrogen-bond acceptors (Lipinski definition) is 5. The Labute approximate surface area is 174 Å². The Morgan fingerprint density at radius 3 is 2.32 bits per heavy atom. The van der Waals surface area contributed by atoms with Gasteiger partial charge in [0.2, 0.25) is 0 Å². The molecule has 0 spiro atoms. The zero-order valence-corrected chi connectivity index (χ0v) is 17.3. The number of amides is 1. The number of anilines is 1. The smallest absolute Gasteiger partial charge is 0.270 e. The van der Waals surface area contributed by atoms with Gasteiger partial charge in [-0.05, 0) is 48.5 Å². The molecule has 0 N–H and O–H groups in total. The van der Waals surface area contributed by atoms with Crippen LogP contribution in [0.3, 0.4) is 0 Å². The van der Waals surface area contributed by atoms with Gasteiger partial charge in [0.05, 0.1) is 13.2 Å². The average molecular weight is 419 g/mol. The van der Waals surface area contributed by atoms with Gasteiger partial charge in [-0.2, -0.15) is 11.8 Å². The molecule has 2 aromatic rings. The van der Waals surface area contributed by atoms with Crippen molar-refractivity contribution in [3.8, 4) is 11.5 Å². The Morgan fingerprint density at radius 1 is 1.04 bits per heavy atom. The van der Waals surface area contributed by atoms with E-state index in [1.54, 1.807) is 31.4 Å². The normalized spacial score (nSPS) is 22.6. The van der Waals surface area contributed by atoms with Crippen molar-refractivity contribution < 1.29 is 14.3 Å². The molecule has 2 aromatic carbocycles. The predicted octanol–water partition coefficient (Wildman–Crippen LogP) is 3.56. The third-order valence-corrected chi connectivity index (χ3v) is 6.33.